The smallest absolute Gasteiger partial charge is 0.328 e. The molecule has 12 heavy (non-hydrogen) atoms. The third-order valence-corrected chi connectivity index (χ3v) is 1.89. The van der Waals surface area contributed by atoms with Gasteiger partial charge < -0.3 is 5.11 Å². The standard InChI is InChI=1S/C8H14N2O2/c1-3-4-10-5-7(6-11)9(2)8(10)12/h5,11H,3-4,6H2,1-2H3. The molecule has 0 spiro atoms. The maximum atomic E-state index is 11.4. The summed E-state index contributed by atoms with van der Waals surface area (Å²) < 4.78 is 3.08. The molecule has 1 aromatic rings. The predicted molar refractivity (Wildman–Crippen MR) is 45.9 cm³/mol. The van der Waals surface area contributed by atoms with Crippen molar-refractivity contribution in [2.75, 3.05) is 0 Å². The highest BCUT2D eigenvalue weighted by Gasteiger charge is 2.04. The van der Waals surface area contributed by atoms with Gasteiger partial charge in [-0.1, -0.05) is 6.92 Å². The van der Waals surface area contributed by atoms with Gasteiger partial charge in [0.25, 0.3) is 0 Å². The van der Waals surface area contributed by atoms with Crippen LogP contribution < -0.4 is 5.69 Å². The summed E-state index contributed by atoms with van der Waals surface area (Å²) in [4.78, 5) is 11.4. The first-order chi connectivity index (χ1) is 5.70. The molecule has 0 atom stereocenters. The molecule has 0 saturated heterocycles. The van der Waals surface area contributed by atoms with Crippen LogP contribution in [0.3, 0.4) is 0 Å². The molecule has 4 nitrogen and oxygen atoms in total. The highest BCUT2D eigenvalue weighted by molar-refractivity contribution is 4.97. The molecule has 4 heteroatoms. The Bertz CT molecular complexity index is 311. The van der Waals surface area contributed by atoms with E-state index in [1.807, 2.05) is 6.92 Å². The van der Waals surface area contributed by atoms with Gasteiger partial charge in [0.05, 0.1) is 12.3 Å². The minimum atomic E-state index is -0.0809. The minimum absolute atomic E-state index is 0.0547. The second-order valence-corrected chi connectivity index (χ2v) is 2.81. The molecule has 0 saturated carbocycles. The molecule has 0 unspecified atom stereocenters. The quantitative estimate of drug-likeness (QED) is 0.698. The molecule has 1 heterocycles. The van der Waals surface area contributed by atoms with Crippen LogP contribution in [-0.4, -0.2) is 14.2 Å². The summed E-state index contributed by atoms with van der Waals surface area (Å²) in [6, 6.07) is 0. The Morgan fingerprint density at radius 2 is 2.25 bits per heavy atom. The van der Waals surface area contributed by atoms with Crippen molar-refractivity contribution in [3.63, 3.8) is 0 Å². The number of imidazole rings is 1. The van der Waals surface area contributed by atoms with Gasteiger partial charge in [0.1, 0.15) is 0 Å². The Hall–Kier alpha value is -1.03. The van der Waals surface area contributed by atoms with Crippen molar-refractivity contribution < 1.29 is 5.11 Å². The van der Waals surface area contributed by atoms with E-state index in [1.165, 1.54) is 4.57 Å². The van der Waals surface area contributed by atoms with E-state index in [4.69, 9.17) is 5.11 Å². The van der Waals surface area contributed by atoms with E-state index in [0.29, 0.717) is 12.2 Å². The molecule has 1 aromatic heterocycles. The fourth-order valence-electron chi connectivity index (χ4n) is 1.19. The van der Waals surface area contributed by atoms with Crippen LogP contribution in [0, 0.1) is 0 Å². The molecule has 68 valence electrons. The lowest BCUT2D eigenvalue weighted by molar-refractivity contribution is 0.272. The number of rotatable bonds is 3. The van der Waals surface area contributed by atoms with Crippen LogP contribution in [0.5, 0.6) is 0 Å². The fourth-order valence-corrected chi connectivity index (χ4v) is 1.19. The van der Waals surface area contributed by atoms with E-state index in [-0.39, 0.29) is 12.3 Å². The molecule has 1 N–H and O–H groups in total. The normalized spacial score (nSPS) is 10.6. The second-order valence-electron chi connectivity index (χ2n) is 2.81. The number of hydrogen-bond acceptors (Lipinski definition) is 2. The van der Waals surface area contributed by atoms with Crippen LogP contribution in [0.15, 0.2) is 11.0 Å². The van der Waals surface area contributed by atoms with Gasteiger partial charge in [-0.2, -0.15) is 0 Å². The lowest BCUT2D eigenvalue weighted by Crippen LogP contribution is -2.22. The Kier molecular flexibility index (Phi) is 2.70. The summed E-state index contributed by atoms with van der Waals surface area (Å²) in [7, 11) is 1.67. The van der Waals surface area contributed by atoms with Crippen molar-refractivity contribution in [3.05, 3.63) is 22.4 Å². The summed E-state index contributed by atoms with van der Waals surface area (Å²) in [5, 5.41) is 8.85. The van der Waals surface area contributed by atoms with Crippen molar-refractivity contribution in [2.45, 2.75) is 26.5 Å². The number of hydrogen-bond donors (Lipinski definition) is 1. The zero-order valence-electron chi connectivity index (χ0n) is 7.45. The number of aliphatic hydroxyl groups is 1. The highest BCUT2D eigenvalue weighted by Crippen LogP contribution is 1.95. The van der Waals surface area contributed by atoms with Crippen LogP contribution in [0.2, 0.25) is 0 Å². The van der Waals surface area contributed by atoms with Crippen LogP contribution in [0.4, 0.5) is 0 Å². The third-order valence-electron chi connectivity index (χ3n) is 1.89. The van der Waals surface area contributed by atoms with Gasteiger partial charge in [0, 0.05) is 19.8 Å². The molecular weight excluding hydrogens is 156 g/mol. The predicted octanol–water partition coefficient (Wildman–Crippen LogP) is 0.0891. The average molecular weight is 170 g/mol. The molecule has 0 radical (unpaired) electrons. The van der Waals surface area contributed by atoms with Crippen LogP contribution in [-0.2, 0) is 20.2 Å². The molecule has 0 aromatic carbocycles. The Morgan fingerprint density at radius 1 is 1.58 bits per heavy atom. The van der Waals surface area contributed by atoms with Crippen LogP contribution in [0.1, 0.15) is 19.0 Å². The molecule has 0 bridgehead atoms. The number of aliphatic hydroxyl groups excluding tert-OH is 1. The summed E-state index contributed by atoms with van der Waals surface area (Å²) in [5.74, 6) is 0. The first-order valence-corrected chi connectivity index (χ1v) is 4.06. The van der Waals surface area contributed by atoms with E-state index in [9.17, 15) is 4.79 Å². The van der Waals surface area contributed by atoms with Crippen molar-refractivity contribution >= 4 is 0 Å². The lowest BCUT2D eigenvalue weighted by Gasteiger charge is -1.94. The van der Waals surface area contributed by atoms with Crippen molar-refractivity contribution in [1.29, 1.82) is 0 Å². The summed E-state index contributed by atoms with van der Waals surface area (Å²) in [5.41, 5.74) is 0.606. The number of nitrogens with zero attached hydrogens (tertiary/aromatic N) is 2. The number of aryl methyl sites for hydroxylation is 1. The Morgan fingerprint density at radius 3 is 2.67 bits per heavy atom. The van der Waals surface area contributed by atoms with Crippen molar-refractivity contribution in [1.82, 2.24) is 9.13 Å². The maximum Gasteiger partial charge on any atom is 0.328 e. The van der Waals surface area contributed by atoms with Gasteiger partial charge in [-0.15, -0.1) is 0 Å². The molecule has 0 aliphatic rings. The fraction of sp³-hybridized carbons (Fsp3) is 0.625. The van der Waals surface area contributed by atoms with E-state index < -0.39 is 0 Å². The van der Waals surface area contributed by atoms with E-state index in [1.54, 1.807) is 17.8 Å². The first kappa shape index (κ1) is 9.06. The van der Waals surface area contributed by atoms with E-state index >= 15 is 0 Å². The van der Waals surface area contributed by atoms with Gasteiger partial charge in [-0.05, 0) is 6.42 Å². The van der Waals surface area contributed by atoms with E-state index in [0.717, 1.165) is 6.42 Å². The van der Waals surface area contributed by atoms with Gasteiger partial charge >= 0.3 is 5.69 Å². The zero-order chi connectivity index (χ0) is 9.14. The summed E-state index contributed by atoms with van der Waals surface area (Å²) in [6.45, 7) is 2.65. The van der Waals surface area contributed by atoms with E-state index in [2.05, 4.69) is 0 Å². The van der Waals surface area contributed by atoms with Crippen LogP contribution in [0.25, 0.3) is 0 Å². The topological polar surface area (TPSA) is 47.2 Å². The number of aromatic nitrogens is 2. The molecule has 1 rings (SSSR count). The third kappa shape index (κ3) is 1.43. The largest absolute Gasteiger partial charge is 0.390 e. The molecule has 0 fully saturated rings. The molecular formula is C8H14N2O2. The second kappa shape index (κ2) is 3.58. The van der Waals surface area contributed by atoms with Gasteiger partial charge in [0.2, 0.25) is 0 Å². The first-order valence-electron chi connectivity index (χ1n) is 4.06. The zero-order valence-corrected chi connectivity index (χ0v) is 7.45. The molecule has 0 amide bonds. The van der Waals surface area contributed by atoms with Gasteiger partial charge in [-0.3, -0.25) is 9.13 Å². The maximum absolute atomic E-state index is 11.4. The average Bonchev–Trinajstić information content (AvgIpc) is 2.33. The lowest BCUT2D eigenvalue weighted by atomic mass is 10.4. The van der Waals surface area contributed by atoms with Crippen LogP contribution >= 0.6 is 0 Å². The summed E-state index contributed by atoms with van der Waals surface area (Å²) >= 11 is 0. The SMILES string of the molecule is CCCn1cc(CO)n(C)c1=O. The summed E-state index contributed by atoms with van der Waals surface area (Å²) in [6.07, 6.45) is 2.63. The Labute approximate surface area is 71.1 Å². The Balaban J connectivity index is 3.07. The van der Waals surface area contributed by atoms with Crippen molar-refractivity contribution in [3.8, 4) is 0 Å². The molecule has 0 aliphatic carbocycles. The van der Waals surface area contributed by atoms with Crippen molar-refractivity contribution in [2.24, 2.45) is 7.05 Å². The monoisotopic (exact) mass is 170 g/mol. The highest BCUT2D eigenvalue weighted by atomic mass is 16.3. The molecule has 0 aliphatic heterocycles. The van der Waals surface area contributed by atoms with Gasteiger partial charge in [0.15, 0.2) is 0 Å². The van der Waals surface area contributed by atoms with Gasteiger partial charge in [-0.25, -0.2) is 4.79 Å². The minimum Gasteiger partial charge on any atom is -0.390 e.